The van der Waals surface area contributed by atoms with Crippen molar-refractivity contribution in [1.29, 1.82) is 0 Å². The third-order valence-corrected chi connectivity index (χ3v) is 6.03. The molecule has 0 aromatic heterocycles. The summed E-state index contributed by atoms with van der Waals surface area (Å²) in [5.41, 5.74) is -2.17. The van der Waals surface area contributed by atoms with Crippen molar-refractivity contribution in [3.63, 3.8) is 0 Å². The van der Waals surface area contributed by atoms with Crippen molar-refractivity contribution in [1.82, 2.24) is 0 Å². The van der Waals surface area contributed by atoms with Crippen molar-refractivity contribution >= 4 is 13.3 Å². The van der Waals surface area contributed by atoms with Crippen LogP contribution in [0, 0.1) is 0 Å². The van der Waals surface area contributed by atoms with Gasteiger partial charge in [0.15, 0.2) is 7.60 Å². The van der Waals surface area contributed by atoms with Gasteiger partial charge in [-0.05, 0) is 12.8 Å². The first-order valence-electron chi connectivity index (χ1n) is 11.8. The van der Waals surface area contributed by atoms with Gasteiger partial charge >= 0.3 is 59.1 Å². The van der Waals surface area contributed by atoms with Crippen LogP contribution in [0.3, 0.4) is 0 Å². The van der Waals surface area contributed by atoms with Crippen LogP contribution in [0.25, 0.3) is 0 Å². The van der Waals surface area contributed by atoms with E-state index in [0.29, 0.717) is 19.6 Å². The second kappa shape index (κ2) is 27.8. The van der Waals surface area contributed by atoms with Crippen LogP contribution in [0.1, 0.15) is 116 Å². The maximum atomic E-state index is 10.8. The molecule has 1 atom stereocenters. The van der Waals surface area contributed by atoms with E-state index < -0.39 is 13.3 Å². The van der Waals surface area contributed by atoms with Gasteiger partial charge in [-0.25, -0.2) is 0 Å². The zero-order valence-electron chi connectivity index (χ0n) is 20.5. The first-order chi connectivity index (χ1) is 14.0. The van der Waals surface area contributed by atoms with Crippen molar-refractivity contribution in [3.05, 3.63) is 0 Å². The third kappa shape index (κ3) is 27.7. The number of carbonyl (C=O) groups is 1. The standard InChI is InChI=1S/C22H45O6P.2Na/c1-2-3-4-5-6-7-8-9-10-11-12-13-14-15-16-17-19-27-20-18-21-28-29(25,26)22(23)24;;/h2-21H2,1H3,(H,23,24)(H,25,26);;/q;2*+1/p-2. The molecule has 1 unspecified atom stereocenters. The zero-order chi connectivity index (χ0) is 21.6. The Balaban J connectivity index is -0.00000392. The van der Waals surface area contributed by atoms with Crippen LogP contribution >= 0.6 is 7.60 Å². The summed E-state index contributed by atoms with van der Waals surface area (Å²) in [6, 6.07) is 0. The molecule has 31 heavy (non-hydrogen) atoms. The summed E-state index contributed by atoms with van der Waals surface area (Å²) < 4.78 is 20.5. The zero-order valence-corrected chi connectivity index (χ0v) is 25.4. The van der Waals surface area contributed by atoms with E-state index in [4.69, 9.17) is 4.74 Å². The molecule has 9 heteroatoms. The van der Waals surface area contributed by atoms with E-state index >= 15 is 0 Å². The van der Waals surface area contributed by atoms with E-state index in [2.05, 4.69) is 11.4 Å². The van der Waals surface area contributed by atoms with Gasteiger partial charge in [-0.1, -0.05) is 103 Å². The van der Waals surface area contributed by atoms with Gasteiger partial charge in [-0.3, -0.25) is 0 Å². The van der Waals surface area contributed by atoms with Crippen LogP contribution in [-0.4, -0.2) is 25.5 Å². The smallest absolute Gasteiger partial charge is 0.774 e. The molecule has 0 amide bonds. The van der Waals surface area contributed by atoms with Crippen LogP contribution < -0.4 is 69.1 Å². The fraction of sp³-hybridized carbons (Fsp3) is 0.955. The average molecular weight is 481 g/mol. The summed E-state index contributed by atoms with van der Waals surface area (Å²) in [4.78, 5) is 21.1. The molecular weight excluding hydrogens is 437 g/mol. The maximum absolute atomic E-state index is 10.8. The largest absolute Gasteiger partial charge is 1.00 e. The fourth-order valence-corrected chi connectivity index (χ4v) is 3.73. The Kier molecular flexibility index (Phi) is 33.3. The molecule has 0 bridgehead atoms. The second-order valence-electron chi connectivity index (χ2n) is 7.87. The Morgan fingerprint density at radius 3 is 1.39 bits per heavy atom. The van der Waals surface area contributed by atoms with E-state index in [1.165, 1.54) is 89.9 Å². The van der Waals surface area contributed by atoms with Crippen LogP contribution in [0.4, 0.5) is 4.79 Å². The first kappa shape index (κ1) is 37.1. The molecule has 0 spiro atoms. The number of hydrogen-bond donors (Lipinski definition) is 0. The van der Waals surface area contributed by atoms with Crippen molar-refractivity contribution in [2.45, 2.75) is 116 Å². The van der Waals surface area contributed by atoms with E-state index in [-0.39, 0.29) is 65.7 Å². The van der Waals surface area contributed by atoms with Gasteiger partial charge in [0.2, 0.25) is 0 Å². The van der Waals surface area contributed by atoms with Crippen molar-refractivity contribution in [3.8, 4) is 0 Å². The number of carboxylic acid groups (broad SMARTS) is 1. The normalized spacial score (nSPS) is 12.6. The van der Waals surface area contributed by atoms with Crippen LogP contribution in [-0.2, 0) is 13.8 Å². The first-order valence-corrected chi connectivity index (χ1v) is 13.3. The van der Waals surface area contributed by atoms with Crippen LogP contribution in [0.5, 0.6) is 0 Å². The summed E-state index contributed by atoms with van der Waals surface area (Å²) in [7, 11) is -4.86. The van der Waals surface area contributed by atoms with E-state index in [1.54, 1.807) is 0 Å². The second-order valence-corrected chi connectivity index (χ2v) is 9.48. The van der Waals surface area contributed by atoms with Gasteiger partial charge in [0.25, 0.3) is 0 Å². The maximum Gasteiger partial charge on any atom is 1.00 e. The minimum Gasteiger partial charge on any atom is -0.774 e. The molecule has 0 aromatic rings. The van der Waals surface area contributed by atoms with Crippen molar-refractivity contribution in [2.75, 3.05) is 19.8 Å². The summed E-state index contributed by atoms with van der Waals surface area (Å²) >= 11 is 0. The van der Waals surface area contributed by atoms with Gasteiger partial charge in [-0.15, -0.1) is 0 Å². The molecule has 174 valence electrons. The number of unbranched alkanes of at least 4 members (excludes halogenated alkanes) is 15. The fourth-order valence-electron chi connectivity index (χ4n) is 3.25. The molecule has 0 aromatic carbocycles. The summed E-state index contributed by atoms with van der Waals surface area (Å²) in [6.45, 7) is 3.09. The predicted octanol–water partition coefficient (Wildman–Crippen LogP) is -0.424. The van der Waals surface area contributed by atoms with Gasteiger partial charge in [-0.2, -0.15) is 0 Å². The Bertz CT molecular complexity index is 427. The van der Waals surface area contributed by atoms with Crippen molar-refractivity contribution in [2.24, 2.45) is 0 Å². The molecule has 0 aliphatic carbocycles. The quantitative estimate of drug-likeness (QED) is 0.112. The van der Waals surface area contributed by atoms with E-state index in [0.717, 1.165) is 12.8 Å². The van der Waals surface area contributed by atoms with Crippen molar-refractivity contribution < 1.29 is 87.7 Å². The molecule has 0 rings (SSSR count). The average Bonchev–Trinajstić information content (AvgIpc) is 2.69. The SMILES string of the molecule is CCCCCCCCCCCCCCCCCCOCCCOP(=O)([O-])C(=O)[O-].[Na+].[Na+]. The van der Waals surface area contributed by atoms with Crippen LogP contribution in [0.2, 0.25) is 0 Å². The predicted molar refractivity (Wildman–Crippen MR) is 114 cm³/mol. The van der Waals surface area contributed by atoms with Gasteiger partial charge in [0.1, 0.15) is 5.71 Å². The molecule has 6 nitrogen and oxygen atoms in total. The number of hydrogen-bond acceptors (Lipinski definition) is 6. The Morgan fingerprint density at radius 2 is 1.00 bits per heavy atom. The number of rotatable bonds is 23. The molecule has 0 fully saturated rings. The molecule has 0 aliphatic rings. The molecule has 0 N–H and O–H groups in total. The summed E-state index contributed by atoms with van der Waals surface area (Å²) in [5.74, 6) is 0. The van der Waals surface area contributed by atoms with Crippen LogP contribution in [0.15, 0.2) is 0 Å². The van der Waals surface area contributed by atoms with E-state index in [1.807, 2.05) is 0 Å². The van der Waals surface area contributed by atoms with Gasteiger partial charge in [0, 0.05) is 13.2 Å². The molecule has 0 heterocycles. The van der Waals surface area contributed by atoms with Gasteiger partial charge < -0.3 is 28.6 Å². The number of ether oxygens (including phenoxy) is 1. The molecule has 0 aliphatic heterocycles. The third-order valence-electron chi connectivity index (χ3n) is 5.06. The summed E-state index contributed by atoms with van der Waals surface area (Å²) in [5, 5.41) is 10.2. The minimum absolute atomic E-state index is 0. The molecular formula is C22H43Na2O6P. The Morgan fingerprint density at radius 1 is 0.645 bits per heavy atom. The Labute approximate surface area is 235 Å². The van der Waals surface area contributed by atoms with E-state index in [9.17, 15) is 19.4 Å². The topological polar surface area (TPSA) is 98.7 Å². The molecule has 0 saturated carbocycles. The Hall–Kier alpha value is 1.58. The monoisotopic (exact) mass is 480 g/mol. The number of carbonyl (C=O) groups excluding carboxylic acids is 1. The minimum atomic E-state index is -4.86. The van der Waals surface area contributed by atoms with Gasteiger partial charge in [0.05, 0.1) is 6.61 Å². The molecule has 0 radical (unpaired) electrons. The summed E-state index contributed by atoms with van der Waals surface area (Å²) in [6.07, 6.45) is 21.6. The molecule has 0 saturated heterocycles.